The largest absolute Gasteiger partial charge is 0.311 e. The maximum atomic E-state index is 11.6. The molecule has 0 amide bonds. The number of carbonyl (C=O) groups is 1. The Bertz CT molecular complexity index is 2200. The van der Waals surface area contributed by atoms with Crippen molar-refractivity contribution in [3.63, 3.8) is 0 Å². The molecule has 0 radical (unpaired) electrons. The molecule has 6 aromatic carbocycles. The summed E-state index contributed by atoms with van der Waals surface area (Å²) in [5.41, 5.74) is 11.5. The van der Waals surface area contributed by atoms with Crippen LogP contribution in [0.25, 0.3) is 6.08 Å². The van der Waals surface area contributed by atoms with E-state index in [0.29, 0.717) is 5.56 Å². The highest BCUT2D eigenvalue weighted by molar-refractivity contribution is 6.05. The Morgan fingerprint density at radius 2 is 1.11 bits per heavy atom. The summed E-state index contributed by atoms with van der Waals surface area (Å²) >= 11 is 0. The van der Waals surface area contributed by atoms with E-state index in [1.54, 1.807) is 0 Å². The van der Waals surface area contributed by atoms with Gasteiger partial charge in [0.05, 0.1) is 23.0 Å². The van der Waals surface area contributed by atoms with Gasteiger partial charge in [0.25, 0.3) is 0 Å². The Morgan fingerprint density at radius 1 is 0.604 bits per heavy atom. The predicted octanol–water partition coefficient (Wildman–Crippen LogP) is 12.0. The summed E-state index contributed by atoms with van der Waals surface area (Å²) in [6.07, 6.45) is 9.50. The second kappa shape index (κ2) is 15.9. The number of nitrogens with zero attached hydrogens (tertiary/aromatic N) is 4. The highest BCUT2D eigenvalue weighted by atomic mass is 16.1. The molecule has 0 aromatic heterocycles. The van der Waals surface area contributed by atoms with Gasteiger partial charge >= 0.3 is 0 Å². The second-order valence-electron chi connectivity index (χ2n) is 13.8. The third-order valence-corrected chi connectivity index (χ3v) is 9.86. The van der Waals surface area contributed by atoms with E-state index < -0.39 is 0 Å². The van der Waals surface area contributed by atoms with Gasteiger partial charge in [-0.2, -0.15) is 9.68 Å². The number of fused-ring (bicyclic) bond motifs is 1. The summed E-state index contributed by atoms with van der Waals surface area (Å²) < 4.78 is 2.43. The Morgan fingerprint density at radius 3 is 1.70 bits per heavy atom. The number of para-hydroxylation sites is 3. The first-order chi connectivity index (χ1) is 26.0. The smallest absolute Gasteiger partial charge is 0.209 e. The Hall–Kier alpha value is -6.33. The van der Waals surface area contributed by atoms with Crippen molar-refractivity contribution >= 4 is 58.4 Å². The van der Waals surface area contributed by atoms with Gasteiger partial charge in [-0.25, -0.2) is 5.01 Å². The van der Waals surface area contributed by atoms with Gasteiger partial charge < -0.3 is 4.90 Å². The Balaban J connectivity index is 1.14. The maximum absolute atomic E-state index is 11.6. The molecule has 0 bridgehead atoms. The molecule has 0 unspecified atom stereocenters. The molecule has 1 heterocycles. The molecule has 262 valence electrons. The average molecular weight is 694 g/mol. The van der Waals surface area contributed by atoms with Gasteiger partial charge in [0.1, 0.15) is 12.8 Å². The lowest BCUT2D eigenvalue weighted by molar-refractivity contribution is -0.438. The Kier molecular flexibility index (Phi) is 10.5. The van der Waals surface area contributed by atoms with Crippen LogP contribution in [0, 0.1) is 0 Å². The number of aldehydes is 1. The van der Waals surface area contributed by atoms with Crippen molar-refractivity contribution in [3.05, 3.63) is 186 Å². The lowest BCUT2D eigenvalue weighted by atomic mass is 9.80. The highest BCUT2D eigenvalue weighted by Crippen LogP contribution is 2.41. The van der Waals surface area contributed by atoms with E-state index in [4.69, 9.17) is 5.10 Å². The van der Waals surface area contributed by atoms with Crippen molar-refractivity contribution in [2.75, 3.05) is 16.5 Å². The molecule has 0 saturated carbocycles. The monoisotopic (exact) mass is 693 g/mol. The molecule has 1 aliphatic heterocycles. The van der Waals surface area contributed by atoms with E-state index in [9.17, 15) is 4.79 Å². The second-order valence-corrected chi connectivity index (χ2v) is 13.8. The van der Waals surface area contributed by atoms with Gasteiger partial charge in [-0.3, -0.25) is 4.79 Å². The van der Waals surface area contributed by atoms with E-state index in [2.05, 4.69) is 158 Å². The highest BCUT2D eigenvalue weighted by Gasteiger charge is 2.44. The first kappa shape index (κ1) is 35.1. The molecule has 7 rings (SSSR count). The van der Waals surface area contributed by atoms with Crippen molar-refractivity contribution in [2.24, 2.45) is 5.10 Å². The van der Waals surface area contributed by atoms with E-state index in [1.165, 1.54) is 17.0 Å². The zero-order valence-electron chi connectivity index (χ0n) is 30.6. The minimum Gasteiger partial charge on any atom is -0.311 e. The molecule has 6 aromatic rings. The van der Waals surface area contributed by atoms with Crippen LogP contribution in [-0.2, 0) is 5.41 Å². The SMILES string of the molecule is CCCC[N+]1=C(/C=C/c2ccc(N(/N=C/c3ccc(N(c4ccccc4)c4ccccc4)cc3)c3ccccc3)cc2)C(C)(C)c2cc(C=O)ccc21. The molecular weight excluding hydrogens is 649 g/mol. The van der Waals surface area contributed by atoms with Crippen LogP contribution in [0.15, 0.2) is 169 Å². The lowest BCUT2D eigenvalue weighted by Gasteiger charge is -2.25. The average Bonchev–Trinajstić information content (AvgIpc) is 3.42. The van der Waals surface area contributed by atoms with Crippen molar-refractivity contribution in [3.8, 4) is 0 Å². The van der Waals surface area contributed by atoms with Crippen molar-refractivity contribution in [1.29, 1.82) is 0 Å². The van der Waals surface area contributed by atoms with Crippen LogP contribution in [-0.4, -0.2) is 29.3 Å². The van der Waals surface area contributed by atoms with Gasteiger partial charge in [-0.15, -0.1) is 0 Å². The minimum absolute atomic E-state index is 0.225. The summed E-state index contributed by atoms with van der Waals surface area (Å²) in [6.45, 7) is 7.67. The van der Waals surface area contributed by atoms with Crippen LogP contribution in [0.2, 0.25) is 0 Å². The standard InChI is InChI=1S/C48H45N4O/c1-4-5-33-50-46-31-25-39(36-53)34-45(46)48(2,3)47(50)32-26-37-21-29-44(30-22-37)52(43-19-13-8-14-20-43)49-35-38-23-27-42(28-24-38)51(40-15-9-6-10-16-40)41-17-11-7-12-18-41/h6-32,34-36H,4-5,33H2,1-3H3/q+1/b49-35+. The Labute approximate surface area is 313 Å². The van der Waals surface area contributed by atoms with Crippen molar-refractivity contribution < 1.29 is 9.37 Å². The lowest BCUT2D eigenvalue weighted by Crippen LogP contribution is -2.28. The number of anilines is 5. The molecule has 53 heavy (non-hydrogen) atoms. The molecule has 0 atom stereocenters. The van der Waals surface area contributed by atoms with Crippen LogP contribution in [0.3, 0.4) is 0 Å². The number of unbranched alkanes of at least 4 members (excludes halogenated alkanes) is 1. The molecular formula is C48H45N4O+. The number of benzene rings is 6. The summed E-state index contributed by atoms with van der Waals surface area (Å²) in [5, 5.41) is 6.98. The molecule has 0 aliphatic carbocycles. The fourth-order valence-corrected chi connectivity index (χ4v) is 7.01. The molecule has 0 spiro atoms. The van der Waals surface area contributed by atoms with Gasteiger partial charge in [-0.05, 0) is 104 Å². The van der Waals surface area contributed by atoms with Crippen LogP contribution >= 0.6 is 0 Å². The number of hydrogen-bond donors (Lipinski definition) is 0. The zero-order valence-corrected chi connectivity index (χ0v) is 30.6. The molecule has 0 fully saturated rings. The third kappa shape index (κ3) is 7.65. The van der Waals surface area contributed by atoms with Crippen molar-refractivity contribution in [1.82, 2.24) is 0 Å². The molecule has 0 N–H and O–H groups in total. The van der Waals surface area contributed by atoms with Crippen molar-refractivity contribution in [2.45, 2.75) is 39.0 Å². The number of hydrogen-bond acceptors (Lipinski definition) is 4. The van der Waals surface area contributed by atoms with E-state index in [-0.39, 0.29) is 5.41 Å². The molecule has 5 nitrogen and oxygen atoms in total. The van der Waals surface area contributed by atoms with Gasteiger partial charge in [-0.1, -0.05) is 92.2 Å². The van der Waals surface area contributed by atoms with Gasteiger partial charge in [0, 0.05) is 46.8 Å². The molecule has 0 saturated heterocycles. The zero-order chi connectivity index (χ0) is 36.6. The summed E-state index contributed by atoms with van der Waals surface area (Å²) in [4.78, 5) is 13.9. The summed E-state index contributed by atoms with van der Waals surface area (Å²) in [7, 11) is 0. The molecule has 1 aliphatic rings. The normalized spacial score (nSPS) is 13.4. The number of hydrazone groups is 1. The molecule has 5 heteroatoms. The maximum Gasteiger partial charge on any atom is 0.209 e. The van der Waals surface area contributed by atoms with E-state index in [1.807, 2.05) is 53.7 Å². The number of carbonyl (C=O) groups excluding carboxylic acids is 1. The first-order valence-corrected chi connectivity index (χ1v) is 18.4. The topological polar surface area (TPSA) is 38.9 Å². The minimum atomic E-state index is -0.225. The van der Waals surface area contributed by atoms with Crippen LogP contribution in [0.4, 0.5) is 34.1 Å². The number of allylic oxidation sites excluding steroid dienone is 1. The third-order valence-electron chi connectivity index (χ3n) is 9.86. The summed E-state index contributed by atoms with van der Waals surface area (Å²) in [6, 6.07) is 54.2. The fourth-order valence-electron chi connectivity index (χ4n) is 7.01. The number of rotatable bonds is 13. The van der Waals surface area contributed by atoms with Crippen LogP contribution in [0.1, 0.15) is 60.7 Å². The van der Waals surface area contributed by atoms with Crippen LogP contribution < -0.4 is 9.91 Å². The van der Waals surface area contributed by atoms with E-state index in [0.717, 1.165) is 65.2 Å². The first-order valence-electron chi connectivity index (χ1n) is 18.4. The van der Waals surface area contributed by atoms with Gasteiger partial charge in [0.2, 0.25) is 5.69 Å². The fraction of sp³-hybridized carbons (Fsp3) is 0.146. The van der Waals surface area contributed by atoms with E-state index >= 15 is 0 Å². The predicted molar refractivity (Wildman–Crippen MR) is 222 cm³/mol. The summed E-state index contributed by atoms with van der Waals surface area (Å²) in [5.74, 6) is 0. The van der Waals surface area contributed by atoms with Crippen LogP contribution in [0.5, 0.6) is 0 Å². The van der Waals surface area contributed by atoms with Gasteiger partial charge in [0.15, 0.2) is 5.71 Å². The quantitative estimate of drug-likeness (QED) is 0.0523.